The third-order valence-corrected chi connectivity index (χ3v) is 7.28. The van der Waals surface area contributed by atoms with Gasteiger partial charge in [0.2, 0.25) is 0 Å². The van der Waals surface area contributed by atoms with Crippen LogP contribution < -0.4 is 0 Å². The minimum absolute atomic E-state index is 0.883. The van der Waals surface area contributed by atoms with Crippen molar-refractivity contribution in [3.05, 3.63) is 128 Å². The molecule has 0 aliphatic rings. The van der Waals surface area contributed by atoms with Gasteiger partial charge in [0, 0.05) is 39.8 Å². The Morgan fingerprint density at radius 3 is 2.26 bits per heavy atom. The van der Waals surface area contributed by atoms with Gasteiger partial charge in [-0.25, -0.2) is 4.98 Å². The molecule has 0 N–H and O–H groups in total. The average molecular weight is 488 g/mol. The fraction of sp³-hybridized carbons (Fsp3) is 0. The lowest BCUT2D eigenvalue weighted by Crippen LogP contribution is -1.97. The normalized spacial score (nSPS) is 11.7. The van der Waals surface area contributed by atoms with E-state index in [-0.39, 0.29) is 0 Å². The maximum atomic E-state index is 6.18. The summed E-state index contributed by atoms with van der Waals surface area (Å²) >= 11 is 0. The quantitative estimate of drug-likeness (QED) is 0.250. The third kappa shape index (κ3) is 3.24. The van der Waals surface area contributed by atoms with Crippen molar-refractivity contribution in [3.8, 4) is 28.2 Å². The summed E-state index contributed by atoms with van der Waals surface area (Å²) in [5.41, 5.74) is 8.32. The van der Waals surface area contributed by atoms with Crippen molar-refractivity contribution in [1.82, 2.24) is 14.5 Å². The van der Waals surface area contributed by atoms with E-state index in [1.807, 2.05) is 30.6 Å². The Kier molecular flexibility index (Phi) is 4.49. The lowest BCUT2D eigenvalue weighted by Gasteiger charge is -2.11. The first-order valence-corrected chi connectivity index (χ1v) is 12.7. The Morgan fingerprint density at radius 2 is 1.37 bits per heavy atom. The zero-order chi connectivity index (χ0) is 25.1. The first-order valence-electron chi connectivity index (χ1n) is 12.7. The van der Waals surface area contributed by atoms with Gasteiger partial charge >= 0.3 is 0 Å². The number of furan rings is 1. The predicted octanol–water partition coefficient (Wildman–Crippen LogP) is 8.81. The number of hydrogen-bond donors (Lipinski definition) is 0. The van der Waals surface area contributed by atoms with E-state index in [0.717, 1.165) is 71.9 Å². The number of nitrogens with zero attached hydrogens (tertiary/aromatic N) is 3. The van der Waals surface area contributed by atoms with E-state index in [9.17, 15) is 0 Å². The predicted molar refractivity (Wildman–Crippen MR) is 155 cm³/mol. The minimum atomic E-state index is 0.883. The number of aromatic nitrogens is 3. The summed E-state index contributed by atoms with van der Waals surface area (Å²) in [6, 6.07) is 40.1. The molecule has 8 aromatic rings. The van der Waals surface area contributed by atoms with Crippen molar-refractivity contribution >= 4 is 43.7 Å². The molecule has 0 fully saturated rings. The number of pyridine rings is 1. The number of imidazole rings is 1. The van der Waals surface area contributed by atoms with E-state index in [4.69, 9.17) is 9.40 Å². The van der Waals surface area contributed by atoms with Gasteiger partial charge in [0.05, 0.1) is 11.0 Å². The number of fused-ring (bicyclic) bond motifs is 5. The first kappa shape index (κ1) is 20.9. The van der Waals surface area contributed by atoms with Crippen LogP contribution in [0.2, 0.25) is 0 Å². The van der Waals surface area contributed by atoms with Crippen LogP contribution >= 0.6 is 0 Å². The Balaban J connectivity index is 1.25. The summed E-state index contributed by atoms with van der Waals surface area (Å²) < 4.78 is 8.41. The molecule has 38 heavy (non-hydrogen) atoms. The molecule has 0 amide bonds. The van der Waals surface area contributed by atoms with Gasteiger partial charge in [-0.15, -0.1) is 0 Å². The number of para-hydroxylation sites is 2. The van der Waals surface area contributed by atoms with Gasteiger partial charge in [0.15, 0.2) is 0 Å². The Morgan fingerprint density at radius 1 is 0.579 bits per heavy atom. The summed E-state index contributed by atoms with van der Waals surface area (Å²) in [6.07, 6.45) is 3.71. The first-order chi connectivity index (χ1) is 18.8. The molecule has 8 rings (SSSR count). The molecule has 4 nitrogen and oxygen atoms in total. The van der Waals surface area contributed by atoms with E-state index >= 15 is 0 Å². The molecular formula is C34H21N3O. The standard InChI is InChI=1S/C34H21N3O/c1-2-6-23(7-3-1)34-36-30-8-4-5-9-31(30)37(34)27-13-10-22(11-14-27)24-12-15-32-28(18-24)29-19-25-16-17-35-21-26(25)20-33(29)38-32/h1-21H. The Labute approximate surface area is 218 Å². The van der Waals surface area contributed by atoms with Crippen LogP contribution in [0, 0.1) is 0 Å². The lowest BCUT2D eigenvalue weighted by molar-refractivity contribution is 0.669. The van der Waals surface area contributed by atoms with E-state index < -0.39 is 0 Å². The van der Waals surface area contributed by atoms with E-state index in [2.05, 4.69) is 107 Å². The molecule has 178 valence electrons. The van der Waals surface area contributed by atoms with Crippen molar-refractivity contribution < 1.29 is 4.42 Å². The van der Waals surface area contributed by atoms with Gasteiger partial charge in [0.25, 0.3) is 0 Å². The van der Waals surface area contributed by atoms with Crippen molar-refractivity contribution in [2.45, 2.75) is 0 Å². The maximum absolute atomic E-state index is 6.18. The van der Waals surface area contributed by atoms with Crippen LogP contribution in [0.5, 0.6) is 0 Å². The molecule has 5 aromatic carbocycles. The Hall–Kier alpha value is -5.22. The van der Waals surface area contributed by atoms with Crippen molar-refractivity contribution in [2.24, 2.45) is 0 Å². The number of rotatable bonds is 3. The van der Waals surface area contributed by atoms with Gasteiger partial charge in [-0.05, 0) is 71.1 Å². The van der Waals surface area contributed by atoms with Gasteiger partial charge in [-0.1, -0.05) is 60.7 Å². The zero-order valence-electron chi connectivity index (χ0n) is 20.4. The van der Waals surface area contributed by atoms with Crippen LogP contribution in [0.3, 0.4) is 0 Å². The van der Waals surface area contributed by atoms with Gasteiger partial charge in [0.1, 0.15) is 17.0 Å². The number of hydrogen-bond acceptors (Lipinski definition) is 3. The second-order valence-corrected chi connectivity index (χ2v) is 9.56. The topological polar surface area (TPSA) is 43.9 Å². The molecule has 0 bridgehead atoms. The van der Waals surface area contributed by atoms with Crippen LogP contribution in [0.25, 0.3) is 71.9 Å². The lowest BCUT2D eigenvalue weighted by atomic mass is 10.0. The molecular weight excluding hydrogens is 466 g/mol. The van der Waals surface area contributed by atoms with Crippen LogP contribution in [0.15, 0.2) is 132 Å². The summed E-state index contributed by atoms with van der Waals surface area (Å²) in [5.74, 6) is 0.938. The van der Waals surface area contributed by atoms with E-state index in [1.54, 1.807) is 0 Å². The molecule has 0 radical (unpaired) electrons. The fourth-order valence-electron chi connectivity index (χ4n) is 5.41. The van der Waals surface area contributed by atoms with Gasteiger partial charge in [-0.2, -0.15) is 0 Å². The van der Waals surface area contributed by atoms with Crippen molar-refractivity contribution in [1.29, 1.82) is 0 Å². The van der Waals surface area contributed by atoms with Crippen LogP contribution in [-0.2, 0) is 0 Å². The molecule has 0 aliphatic heterocycles. The summed E-state index contributed by atoms with van der Waals surface area (Å²) in [6.45, 7) is 0. The average Bonchev–Trinajstić information content (AvgIpc) is 3.54. The molecule has 3 heterocycles. The highest BCUT2D eigenvalue weighted by Gasteiger charge is 2.15. The molecule has 0 spiro atoms. The van der Waals surface area contributed by atoms with Crippen LogP contribution in [-0.4, -0.2) is 14.5 Å². The number of benzene rings is 5. The minimum Gasteiger partial charge on any atom is -0.456 e. The summed E-state index contributed by atoms with van der Waals surface area (Å²) in [7, 11) is 0. The summed E-state index contributed by atoms with van der Waals surface area (Å²) in [4.78, 5) is 9.21. The Bertz CT molecular complexity index is 2120. The highest BCUT2D eigenvalue weighted by Crippen LogP contribution is 2.35. The van der Waals surface area contributed by atoms with E-state index in [0.29, 0.717) is 0 Å². The largest absolute Gasteiger partial charge is 0.456 e. The zero-order valence-corrected chi connectivity index (χ0v) is 20.4. The molecule has 0 saturated heterocycles. The SMILES string of the molecule is c1ccc(-c2nc3ccccc3n2-c2ccc(-c3ccc4oc5cc6cnccc6cc5c4c3)cc2)cc1. The smallest absolute Gasteiger partial charge is 0.145 e. The molecule has 0 unspecified atom stereocenters. The second kappa shape index (κ2) is 8.15. The fourth-order valence-corrected chi connectivity index (χ4v) is 5.41. The van der Waals surface area contributed by atoms with Crippen molar-refractivity contribution in [2.75, 3.05) is 0 Å². The van der Waals surface area contributed by atoms with Gasteiger partial charge in [-0.3, -0.25) is 9.55 Å². The third-order valence-electron chi connectivity index (χ3n) is 7.28. The molecule has 0 atom stereocenters. The monoisotopic (exact) mass is 487 g/mol. The highest BCUT2D eigenvalue weighted by molar-refractivity contribution is 6.10. The second-order valence-electron chi connectivity index (χ2n) is 9.56. The van der Waals surface area contributed by atoms with E-state index in [1.165, 1.54) is 0 Å². The van der Waals surface area contributed by atoms with Crippen LogP contribution in [0.1, 0.15) is 0 Å². The highest BCUT2D eigenvalue weighted by atomic mass is 16.3. The summed E-state index contributed by atoms with van der Waals surface area (Å²) in [5, 5.41) is 4.48. The van der Waals surface area contributed by atoms with Crippen LogP contribution in [0.4, 0.5) is 0 Å². The van der Waals surface area contributed by atoms with Crippen molar-refractivity contribution in [3.63, 3.8) is 0 Å². The molecule has 0 aliphatic carbocycles. The molecule has 4 heteroatoms. The maximum Gasteiger partial charge on any atom is 0.145 e. The van der Waals surface area contributed by atoms with Gasteiger partial charge < -0.3 is 4.42 Å². The molecule has 3 aromatic heterocycles. The molecule has 0 saturated carbocycles.